The van der Waals surface area contributed by atoms with Crippen LogP contribution in [0, 0.1) is 11.3 Å². The Labute approximate surface area is 84.2 Å². The number of carbonyl (C=O) groups is 2. The average molecular weight is 201 g/mol. The van der Waals surface area contributed by atoms with Crippen LogP contribution in [0.25, 0.3) is 0 Å². The molecule has 0 fully saturated rings. The molecule has 0 aliphatic carbocycles. The Morgan fingerprint density at radius 3 is 2.14 bits per heavy atom. The predicted molar refractivity (Wildman–Crippen MR) is 53.7 cm³/mol. The minimum Gasteiger partial charge on any atom is -0.370 e. The van der Waals surface area contributed by atoms with Crippen LogP contribution in [-0.2, 0) is 9.59 Å². The molecule has 2 amide bonds. The summed E-state index contributed by atoms with van der Waals surface area (Å²) in [5.74, 6) is 3.76. The van der Waals surface area contributed by atoms with Gasteiger partial charge in [-0.15, -0.1) is 0 Å². The first kappa shape index (κ1) is 12.9. The van der Waals surface area contributed by atoms with E-state index in [1.54, 1.807) is 0 Å². The number of carbonyl (C=O) groups excluding carboxylic acids is 2. The number of primary amides is 1. The molecule has 1 atom stereocenters. The lowest BCUT2D eigenvalue weighted by Gasteiger charge is -2.23. The molecule has 0 saturated carbocycles. The van der Waals surface area contributed by atoms with Crippen molar-refractivity contribution in [2.75, 3.05) is 0 Å². The van der Waals surface area contributed by atoms with Crippen molar-refractivity contribution in [2.24, 2.45) is 22.9 Å². The Kier molecular flexibility index (Phi) is 4.56. The second kappa shape index (κ2) is 4.95. The van der Waals surface area contributed by atoms with Crippen molar-refractivity contribution in [2.45, 2.75) is 33.6 Å². The van der Waals surface area contributed by atoms with Gasteiger partial charge in [0.05, 0.1) is 0 Å². The van der Waals surface area contributed by atoms with Crippen LogP contribution < -0.4 is 17.0 Å². The number of amides is 2. The Morgan fingerprint density at radius 1 is 1.36 bits per heavy atom. The molecule has 0 rings (SSSR count). The molecule has 5 nitrogen and oxygen atoms in total. The van der Waals surface area contributed by atoms with Gasteiger partial charge in [0.1, 0.15) is 0 Å². The van der Waals surface area contributed by atoms with Crippen LogP contribution in [0.2, 0.25) is 0 Å². The lowest BCUT2D eigenvalue weighted by molar-refractivity contribution is -0.130. The molecule has 0 saturated heterocycles. The molecule has 0 aliphatic heterocycles. The summed E-state index contributed by atoms with van der Waals surface area (Å²) in [4.78, 5) is 22.0. The van der Waals surface area contributed by atoms with Crippen molar-refractivity contribution in [3.63, 3.8) is 0 Å². The van der Waals surface area contributed by atoms with Gasteiger partial charge in [0.2, 0.25) is 11.8 Å². The molecule has 5 heteroatoms. The molecule has 1 unspecified atom stereocenters. The SMILES string of the molecule is CC(C)(C)CC(CC(N)=O)C(=O)NN. The Hall–Kier alpha value is -1.10. The van der Waals surface area contributed by atoms with Crippen LogP contribution in [-0.4, -0.2) is 11.8 Å². The topological polar surface area (TPSA) is 98.2 Å². The van der Waals surface area contributed by atoms with E-state index in [4.69, 9.17) is 11.6 Å². The molecule has 0 radical (unpaired) electrons. The highest BCUT2D eigenvalue weighted by Crippen LogP contribution is 2.26. The van der Waals surface area contributed by atoms with Gasteiger partial charge in [-0.05, 0) is 11.8 Å². The van der Waals surface area contributed by atoms with Gasteiger partial charge in [-0.3, -0.25) is 15.0 Å². The first-order chi connectivity index (χ1) is 6.26. The maximum Gasteiger partial charge on any atom is 0.237 e. The highest BCUT2D eigenvalue weighted by molar-refractivity contribution is 5.84. The molecule has 0 aromatic heterocycles. The first-order valence-corrected chi connectivity index (χ1v) is 4.55. The van der Waals surface area contributed by atoms with Crippen LogP contribution in [0.1, 0.15) is 33.6 Å². The Balaban J connectivity index is 4.40. The third kappa shape index (κ3) is 5.53. The Morgan fingerprint density at radius 2 is 1.86 bits per heavy atom. The molecular formula is C9H19N3O2. The summed E-state index contributed by atoms with van der Waals surface area (Å²) in [6.45, 7) is 5.97. The highest BCUT2D eigenvalue weighted by Gasteiger charge is 2.25. The summed E-state index contributed by atoms with van der Waals surface area (Å²) in [7, 11) is 0. The molecule has 82 valence electrons. The maximum absolute atomic E-state index is 11.3. The summed E-state index contributed by atoms with van der Waals surface area (Å²) in [5, 5.41) is 0. The van der Waals surface area contributed by atoms with E-state index in [0.29, 0.717) is 6.42 Å². The minimum atomic E-state index is -0.483. The fraction of sp³-hybridized carbons (Fsp3) is 0.778. The van der Waals surface area contributed by atoms with Crippen molar-refractivity contribution >= 4 is 11.8 Å². The normalized spacial score (nSPS) is 13.4. The smallest absolute Gasteiger partial charge is 0.237 e. The van der Waals surface area contributed by atoms with Crippen molar-refractivity contribution in [1.29, 1.82) is 0 Å². The summed E-state index contributed by atoms with van der Waals surface area (Å²) >= 11 is 0. The van der Waals surface area contributed by atoms with Gasteiger partial charge < -0.3 is 5.73 Å². The van der Waals surface area contributed by atoms with E-state index >= 15 is 0 Å². The predicted octanol–water partition coefficient (Wildman–Crippen LogP) is -0.0959. The fourth-order valence-corrected chi connectivity index (χ4v) is 1.36. The van der Waals surface area contributed by atoms with Gasteiger partial charge in [-0.1, -0.05) is 20.8 Å². The molecule has 0 spiro atoms. The monoisotopic (exact) mass is 201 g/mol. The van der Waals surface area contributed by atoms with Gasteiger partial charge in [0.15, 0.2) is 0 Å². The molecule has 0 aromatic carbocycles. The molecule has 14 heavy (non-hydrogen) atoms. The lowest BCUT2D eigenvalue weighted by Crippen LogP contribution is -2.39. The average Bonchev–Trinajstić information content (AvgIpc) is 1.98. The van der Waals surface area contributed by atoms with Crippen molar-refractivity contribution in [3.05, 3.63) is 0 Å². The second-order valence-electron chi connectivity index (χ2n) is 4.64. The van der Waals surface area contributed by atoms with E-state index in [-0.39, 0.29) is 17.7 Å². The van der Waals surface area contributed by atoms with Crippen LogP contribution in [0.4, 0.5) is 0 Å². The fourth-order valence-electron chi connectivity index (χ4n) is 1.36. The summed E-state index contributed by atoms with van der Waals surface area (Å²) in [6, 6.07) is 0. The maximum atomic E-state index is 11.3. The Bertz CT molecular complexity index is 221. The molecular weight excluding hydrogens is 182 g/mol. The summed E-state index contributed by atoms with van der Waals surface area (Å²) in [5.41, 5.74) is 7.06. The number of hydrogen-bond acceptors (Lipinski definition) is 3. The van der Waals surface area contributed by atoms with E-state index in [1.807, 2.05) is 26.2 Å². The third-order valence-corrected chi connectivity index (χ3v) is 1.82. The van der Waals surface area contributed by atoms with Crippen LogP contribution in [0.3, 0.4) is 0 Å². The summed E-state index contributed by atoms with van der Waals surface area (Å²) < 4.78 is 0. The van der Waals surface area contributed by atoms with Gasteiger partial charge >= 0.3 is 0 Å². The van der Waals surface area contributed by atoms with Crippen LogP contribution in [0.5, 0.6) is 0 Å². The van der Waals surface area contributed by atoms with Crippen LogP contribution >= 0.6 is 0 Å². The highest BCUT2D eigenvalue weighted by atomic mass is 16.2. The van der Waals surface area contributed by atoms with E-state index < -0.39 is 11.8 Å². The zero-order valence-electron chi connectivity index (χ0n) is 8.96. The molecule has 0 bridgehead atoms. The summed E-state index contributed by atoms with van der Waals surface area (Å²) in [6.07, 6.45) is 0.624. The molecule has 0 aliphatic rings. The molecule has 0 aromatic rings. The van der Waals surface area contributed by atoms with Crippen molar-refractivity contribution in [3.8, 4) is 0 Å². The van der Waals surface area contributed by atoms with Gasteiger partial charge in [0.25, 0.3) is 0 Å². The standard InChI is InChI=1S/C9H19N3O2/c1-9(2,3)5-6(4-7(10)13)8(14)12-11/h6H,4-5,11H2,1-3H3,(H2,10,13)(H,12,14). The zero-order chi connectivity index (χ0) is 11.4. The molecule has 0 heterocycles. The van der Waals surface area contributed by atoms with E-state index in [0.717, 1.165) is 0 Å². The second-order valence-corrected chi connectivity index (χ2v) is 4.64. The van der Waals surface area contributed by atoms with Gasteiger partial charge in [-0.25, -0.2) is 5.84 Å². The number of nitrogens with one attached hydrogen (secondary N) is 1. The quantitative estimate of drug-likeness (QED) is 0.336. The first-order valence-electron chi connectivity index (χ1n) is 4.55. The largest absolute Gasteiger partial charge is 0.370 e. The number of nitrogens with two attached hydrogens (primary N) is 2. The van der Waals surface area contributed by atoms with E-state index in [1.165, 1.54) is 0 Å². The lowest BCUT2D eigenvalue weighted by atomic mass is 9.83. The van der Waals surface area contributed by atoms with Gasteiger partial charge in [0, 0.05) is 12.3 Å². The number of hydrazine groups is 1. The zero-order valence-corrected chi connectivity index (χ0v) is 8.96. The van der Waals surface area contributed by atoms with E-state index in [9.17, 15) is 9.59 Å². The van der Waals surface area contributed by atoms with Crippen molar-refractivity contribution in [1.82, 2.24) is 5.43 Å². The van der Waals surface area contributed by atoms with Gasteiger partial charge in [-0.2, -0.15) is 0 Å². The van der Waals surface area contributed by atoms with E-state index in [2.05, 4.69) is 0 Å². The number of rotatable bonds is 4. The van der Waals surface area contributed by atoms with Crippen molar-refractivity contribution < 1.29 is 9.59 Å². The third-order valence-electron chi connectivity index (χ3n) is 1.82. The number of hydrogen-bond donors (Lipinski definition) is 3. The van der Waals surface area contributed by atoms with Crippen LogP contribution in [0.15, 0.2) is 0 Å². The minimum absolute atomic E-state index is 0.0351. The molecule has 5 N–H and O–H groups in total.